The first kappa shape index (κ1) is 15.8. The van der Waals surface area contributed by atoms with Gasteiger partial charge in [0.15, 0.2) is 11.6 Å². The molecule has 0 spiro atoms. The van der Waals surface area contributed by atoms with Crippen LogP contribution in [0.1, 0.15) is 16.7 Å². The summed E-state index contributed by atoms with van der Waals surface area (Å²) in [6, 6.07) is 8.06. The fraction of sp³-hybridized carbons (Fsp3) is 0.200. The lowest BCUT2D eigenvalue weighted by molar-refractivity contribution is -0.138. The third-order valence-electron chi connectivity index (χ3n) is 2.91. The van der Waals surface area contributed by atoms with E-state index < -0.39 is 17.6 Å². The standard InChI is InChI=1S/C15H11BrF4O/c1-9-3-2-4-13(14(9)17)21-11-6-5-10(8-16)12(7-11)15(18,19)20/h2-7H,8H2,1H3. The van der Waals surface area contributed by atoms with Crippen LogP contribution in [0.4, 0.5) is 17.6 Å². The fourth-order valence-corrected chi connectivity index (χ4v) is 2.31. The molecular weight excluding hydrogens is 352 g/mol. The summed E-state index contributed by atoms with van der Waals surface area (Å²) in [7, 11) is 0. The van der Waals surface area contributed by atoms with Gasteiger partial charge in [0.2, 0.25) is 0 Å². The van der Waals surface area contributed by atoms with E-state index in [-0.39, 0.29) is 22.4 Å². The van der Waals surface area contributed by atoms with Gasteiger partial charge in [-0.1, -0.05) is 34.1 Å². The summed E-state index contributed by atoms with van der Waals surface area (Å²) in [5.74, 6) is -0.748. The Bertz CT molecular complexity index is 653. The minimum absolute atomic E-state index is 0.0588. The van der Waals surface area contributed by atoms with Gasteiger partial charge in [-0.2, -0.15) is 13.2 Å². The van der Waals surface area contributed by atoms with Crippen molar-refractivity contribution < 1.29 is 22.3 Å². The van der Waals surface area contributed by atoms with Gasteiger partial charge in [-0.25, -0.2) is 4.39 Å². The number of rotatable bonds is 3. The molecule has 21 heavy (non-hydrogen) atoms. The Morgan fingerprint density at radius 2 is 1.86 bits per heavy atom. The van der Waals surface area contributed by atoms with Crippen molar-refractivity contribution in [2.75, 3.05) is 0 Å². The van der Waals surface area contributed by atoms with Gasteiger partial charge in [-0.3, -0.25) is 0 Å². The molecule has 1 nitrogen and oxygen atoms in total. The minimum Gasteiger partial charge on any atom is -0.454 e. The molecule has 0 aliphatic rings. The molecule has 2 rings (SSSR count). The summed E-state index contributed by atoms with van der Waals surface area (Å²) in [4.78, 5) is 0. The Morgan fingerprint density at radius 1 is 1.14 bits per heavy atom. The molecular formula is C15H11BrF4O. The zero-order valence-corrected chi connectivity index (χ0v) is 12.6. The van der Waals surface area contributed by atoms with Crippen LogP contribution in [0, 0.1) is 12.7 Å². The molecule has 0 amide bonds. The lowest BCUT2D eigenvalue weighted by atomic mass is 10.1. The first-order valence-electron chi connectivity index (χ1n) is 6.02. The smallest absolute Gasteiger partial charge is 0.416 e. The zero-order valence-electron chi connectivity index (χ0n) is 11.0. The molecule has 112 valence electrons. The summed E-state index contributed by atoms with van der Waals surface area (Å²) in [5, 5.41) is 0.0704. The van der Waals surface area contributed by atoms with E-state index in [9.17, 15) is 17.6 Å². The molecule has 0 N–H and O–H groups in total. The normalized spacial score (nSPS) is 11.5. The molecule has 0 saturated heterocycles. The second kappa shape index (κ2) is 6.05. The predicted molar refractivity (Wildman–Crippen MR) is 75.3 cm³/mol. The van der Waals surface area contributed by atoms with Gasteiger partial charge in [0, 0.05) is 5.33 Å². The van der Waals surface area contributed by atoms with E-state index in [1.807, 2.05) is 0 Å². The van der Waals surface area contributed by atoms with Crippen LogP contribution in [0.15, 0.2) is 36.4 Å². The van der Waals surface area contributed by atoms with E-state index >= 15 is 0 Å². The molecule has 0 aliphatic carbocycles. The molecule has 0 bridgehead atoms. The second-order valence-corrected chi connectivity index (χ2v) is 5.00. The van der Waals surface area contributed by atoms with Crippen LogP contribution < -0.4 is 4.74 Å². The molecule has 0 unspecified atom stereocenters. The third kappa shape index (κ3) is 3.56. The van der Waals surface area contributed by atoms with Crippen molar-refractivity contribution in [3.8, 4) is 11.5 Å². The van der Waals surface area contributed by atoms with Crippen molar-refractivity contribution in [1.82, 2.24) is 0 Å². The highest BCUT2D eigenvalue weighted by Crippen LogP contribution is 2.36. The predicted octanol–water partition coefficient (Wildman–Crippen LogP) is 5.84. The lowest BCUT2D eigenvalue weighted by Gasteiger charge is -2.14. The average Bonchev–Trinajstić information content (AvgIpc) is 2.43. The van der Waals surface area contributed by atoms with Crippen molar-refractivity contribution in [3.05, 3.63) is 58.9 Å². The van der Waals surface area contributed by atoms with Gasteiger partial charge in [0.1, 0.15) is 5.75 Å². The number of aryl methyl sites for hydroxylation is 1. The van der Waals surface area contributed by atoms with Crippen LogP contribution in [0.3, 0.4) is 0 Å². The SMILES string of the molecule is Cc1cccc(Oc2ccc(CBr)c(C(F)(F)F)c2)c1F. The van der Waals surface area contributed by atoms with Crippen molar-refractivity contribution in [1.29, 1.82) is 0 Å². The van der Waals surface area contributed by atoms with Crippen molar-refractivity contribution in [2.45, 2.75) is 18.4 Å². The average molecular weight is 363 g/mol. The molecule has 0 fully saturated rings. The van der Waals surface area contributed by atoms with Gasteiger partial charge in [-0.15, -0.1) is 0 Å². The molecule has 2 aromatic rings. The molecule has 0 aromatic heterocycles. The lowest BCUT2D eigenvalue weighted by Crippen LogP contribution is -2.08. The maximum atomic E-state index is 13.8. The second-order valence-electron chi connectivity index (χ2n) is 4.44. The number of benzene rings is 2. The van der Waals surface area contributed by atoms with Crippen molar-refractivity contribution in [2.24, 2.45) is 0 Å². The highest BCUT2D eigenvalue weighted by Gasteiger charge is 2.33. The molecule has 0 heterocycles. The van der Waals surface area contributed by atoms with Gasteiger partial charge >= 0.3 is 6.18 Å². The Morgan fingerprint density at radius 3 is 2.48 bits per heavy atom. The summed E-state index contributed by atoms with van der Waals surface area (Å²) < 4.78 is 57.9. The first-order valence-corrected chi connectivity index (χ1v) is 7.14. The van der Waals surface area contributed by atoms with E-state index in [1.54, 1.807) is 19.1 Å². The quantitative estimate of drug-likeness (QED) is 0.492. The van der Waals surface area contributed by atoms with Gasteiger partial charge in [-0.05, 0) is 36.2 Å². The van der Waals surface area contributed by atoms with Crippen LogP contribution in [-0.4, -0.2) is 0 Å². The Balaban J connectivity index is 2.40. The maximum Gasteiger partial charge on any atom is 0.416 e. The summed E-state index contributed by atoms with van der Waals surface area (Å²) in [5.41, 5.74) is -0.342. The number of alkyl halides is 4. The largest absolute Gasteiger partial charge is 0.454 e. The monoisotopic (exact) mass is 362 g/mol. The molecule has 6 heteroatoms. The van der Waals surface area contributed by atoms with Crippen LogP contribution in [0.2, 0.25) is 0 Å². The van der Waals surface area contributed by atoms with E-state index in [4.69, 9.17) is 4.74 Å². The summed E-state index contributed by atoms with van der Waals surface area (Å²) >= 11 is 3.01. The number of ether oxygens (including phenoxy) is 1. The molecule has 0 aliphatic heterocycles. The van der Waals surface area contributed by atoms with Crippen molar-refractivity contribution in [3.63, 3.8) is 0 Å². The Kier molecular flexibility index (Phi) is 4.56. The number of hydrogen-bond acceptors (Lipinski definition) is 1. The maximum absolute atomic E-state index is 13.8. The van der Waals surface area contributed by atoms with Gasteiger partial charge < -0.3 is 4.74 Å². The zero-order chi connectivity index (χ0) is 15.6. The molecule has 0 atom stereocenters. The number of hydrogen-bond donors (Lipinski definition) is 0. The molecule has 0 saturated carbocycles. The fourth-order valence-electron chi connectivity index (χ4n) is 1.83. The first-order chi connectivity index (χ1) is 9.82. The van der Waals surface area contributed by atoms with Crippen LogP contribution in [0.25, 0.3) is 0 Å². The minimum atomic E-state index is -4.49. The van der Waals surface area contributed by atoms with E-state index in [1.165, 1.54) is 18.2 Å². The Labute approximate surface area is 127 Å². The highest BCUT2D eigenvalue weighted by molar-refractivity contribution is 9.08. The van der Waals surface area contributed by atoms with Crippen LogP contribution >= 0.6 is 15.9 Å². The molecule has 2 aromatic carbocycles. The summed E-state index contributed by atoms with van der Waals surface area (Å²) in [6.07, 6.45) is -4.49. The van der Waals surface area contributed by atoms with Gasteiger partial charge in [0.05, 0.1) is 5.56 Å². The Hall–Kier alpha value is -1.56. The summed E-state index contributed by atoms with van der Waals surface area (Å²) in [6.45, 7) is 1.55. The van der Waals surface area contributed by atoms with Crippen LogP contribution in [-0.2, 0) is 11.5 Å². The highest BCUT2D eigenvalue weighted by atomic mass is 79.9. The van der Waals surface area contributed by atoms with Crippen molar-refractivity contribution >= 4 is 15.9 Å². The topological polar surface area (TPSA) is 9.23 Å². The molecule has 0 radical (unpaired) electrons. The van der Waals surface area contributed by atoms with Crippen LogP contribution in [0.5, 0.6) is 11.5 Å². The number of halogens is 5. The van der Waals surface area contributed by atoms with E-state index in [0.717, 1.165) is 6.07 Å². The third-order valence-corrected chi connectivity index (χ3v) is 3.52. The van der Waals surface area contributed by atoms with E-state index in [2.05, 4.69) is 15.9 Å². The van der Waals surface area contributed by atoms with E-state index in [0.29, 0.717) is 5.56 Å². The van der Waals surface area contributed by atoms with Gasteiger partial charge in [0.25, 0.3) is 0 Å².